The maximum absolute atomic E-state index is 12.2. The summed E-state index contributed by atoms with van der Waals surface area (Å²) in [5.41, 5.74) is -0.172. The van der Waals surface area contributed by atoms with Crippen LogP contribution in [0.1, 0.15) is 29.8 Å². The lowest BCUT2D eigenvalue weighted by atomic mass is 10.0. The molecule has 90 valence electrons. The fourth-order valence-electron chi connectivity index (χ4n) is 2.24. The highest BCUT2D eigenvalue weighted by Gasteiger charge is 2.46. The number of nitrogens with zero attached hydrogens (tertiary/aromatic N) is 1. The quantitative estimate of drug-likeness (QED) is 0.809. The highest BCUT2D eigenvalue weighted by Crippen LogP contribution is 2.38. The number of carbonyl (C=O) groups is 1. The molecule has 1 aromatic rings. The topological polar surface area (TPSA) is 40.5 Å². The number of hydrogen-bond acceptors (Lipinski definition) is 2. The molecule has 1 N–H and O–H groups in total. The van der Waals surface area contributed by atoms with Crippen LogP contribution in [0.3, 0.4) is 0 Å². The Morgan fingerprint density at radius 1 is 1.47 bits per heavy atom. The zero-order valence-corrected chi connectivity index (χ0v) is 10.2. The zero-order valence-electron chi connectivity index (χ0n) is 10.2. The Kier molecular flexibility index (Phi) is 2.79. The monoisotopic (exact) mass is 231 g/mol. The van der Waals surface area contributed by atoms with Crippen molar-refractivity contribution >= 4 is 5.91 Å². The third-order valence-corrected chi connectivity index (χ3v) is 3.04. The average molecular weight is 231 g/mol. The Labute approximate surface area is 101 Å². The van der Waals surface area contributed by atoms with E-state index in [0.717, 1.165) is 0 Å². The van der Waals surface area contributed by atoms with Crippen LogP contribution < -0.4 is 0 Å². The molecule has 0 spiro atoms. The van der Waals surface area contributed by atoms with Gasteiger partial charge in [0, 0.05) is 17.7 Å². The van der Waals surface area contributed by atoms with Crippen molar-refractivity contribution in [2.45, 2.75) is 19.6 Å². The van der Waals surface area contributed by atoms with Crippen LogP contribution in [0.25, 0.3) is 0 Å². The summed E-state index contributed by atoms with van der Waals surface area (Å²) < 4.78 is 0. The molecule has 3 heteroatoms. The minimum Gasteiger partial charge on any atom is -0.363 e. The van der Waals surface area contributed by atoms with Gasteiger partial charge in [0.1, 0.15) is 0 Å². The smallest absolute Gasteiger partial charge is 0.257 e. The number of fused-ring (bicyclic) bond motifs is 1. The van der Waals surface area contributed by atoms with E-state index >= 15 is 0 Å². The van der Waals surface area contributed by atoms with Gasteiger partial charge in [-0.25, -0.2) is 0 Å². The second-order valence-corrected chi connectivity index (χ2v) is 4.79. The van der Waals surface area contributed by atoms with Crippen molar-refractivity contribution < 1.29 is 9.90 Å². The van der Waals surface area contributed by atoms with E-state index in [2.05, 4.69) is 6.58 Å². The first kappa shape index (κ1) is 11.9. The summed E-state index contributed by atoms with van der Waals surface area (Å²) in [5, 5.41) is 10.6. The molecule has 0 saturated carbocycles. The lowest BCUT2D eigenvalue weighted by Crippen LogP contribution is -2.44. The van der Waals surface area contributed by atoms with Gasteiger partial charge in [0.15, 0.2) is 5.72 Å². The van der Waals surface area contributed by atoms with Gasteiger partial charge >= 0.3 is 0 Å². The maximum Gasteiger partial charge on any atom is 0.257 e. The minimum absolute atomic E-state index is 0.128. The first-order valence-electron chi connectivity index (χ1n) is 5.78. The van der Waals surface area contributed by atoms with Gasteiger partial charge in [0.25, 0.3) is 5.91 Å². The summed E-state index contributed by atoms with van der Waals surface area (Å²) in [5.74, 6) is 0.163. The Balaban J connectivity index is 2.52. The molecule has 17 heavy (non-hydrogen) atoms. The third-order valence-electron chi connectivity index (χ3n) is 3.04. The molecule has 0 aliphatic carbocycles. The van der Waals surface area contributed by atoms with Gasteiger partial charge in [-0.3, -0.25) is 4.79 Å². The standard InChI is InChI=1S/C14H17NO2/c1-4-14(17)12-8-6-5-7-11(12)13(16)15(14)9-10(2)3/h4-8,10,17H,1,9H2,2-3H3. The highest BCUT2D eigenvalue weighted by molar-refractivity contribution is 6.00. The van der Waals surface area contributed by atoms with E-state index in [1.54, 1.807) is 18.2 Å². The van der Waals surface area contributed by atoms with Gasteiger partial charge in [-0.1, -0.05) is 38.6 Å². The SMILES string of the molecule is C=CC1(O)c2ccccc2C(=O)N1CC(C)C. The molecule has 3 nitrogen and oxygen atoms in total. The van der Waals surface area contributed by atoms with E-state index in [0.29, 0.717) is 23.6 Å². The van der Waals surface area contributed by atoms with E-state index in [1.807, 2.05) is 19.9 Å². The van der Waals surface area contributed by atoms with Crippen LogP contribution in [-0.2, 0) is 5.72 Å². The second-order valence-electron chi connectivity index (χ2n) is 4.79. The maximum atomic E-state index is 12.2. The van der Waals surface area contributed by atoms with Gasteiger partial charge < -0.3 is 10.0 Å². The van der Waals surface area contributed by atoms with E-state index in [4.69, 9.17) is 0 Å². The molecule has 1 aliphatic rings. The predicted molar refractivity (Wildman–Crippen MR) is 66.4 cm³/mol. The number of benzene rings is 1. The van der Waals surface area contributed by atoms with E-state index in [-0.39, 0.29) is 5.91 Å². The minimum atomic E-state index is -1.36. The Morgan fingerprint density at radius 2 is 2.12 bits per heavy atom. The van der Waals surface area contributed by atoms with Crippen LogP contribution in [0.4, 0.5) is 0 Å². The molecule has 0 aromatic heterocycles. The molecule has 1 aliphatic heterocycles. The first-order valence-corrected chi connectivity index (χ1v) is 5.78. The van der Waals surface area contributed by atoms with E-state index < -0.39 is 5.72 Å². The second kappa shape index (κ2) is 4.00. The molecule has 2 rings (SSSR count). The molecule has 0 saturated heterocycles. The van der Waals surface area contributed by atoms with Crippen LogP contribution in [0, 0.1) is 5.92 Å². The molecule has 0 radical (unpaired) electrons. The Bertz CT molecular complexity index is 467. The number of carbonyl (C=O) groups excluding carboxylic acids is 1. The van der Waals surface area contributed by atoms with Crippen molar-refractivity contribution in [1.82, 2.24) is 4.90 Å². The normalized spacial score (nSPS) is 23.1. The first-order chi connectivity index (χ1) is 8.00. The van der Waals surface area contributed by atoms with E-state index in [9.17, 15) is 9.90 Å². The third kappa shape index (κ3) is 1.67. The summed E-state index contributed by atoms with van der Waals surface area (Å²) in [4.78, 5) is 13.7. The zero-order chi connectivity index (χ0) is 12.6. The number of amides is 1. The number of rotatable bonds is 3. The Hall–Kier alpha value is -1.61. The van der Waals surface area contributed by atoms with Gasteiger partial charge in [-0.05, 0) is 18.1 Å². The molecule has 1 unspecified atom stereocenters. The molecule has 1 aromatic carbocycles. The molecule has 0 fully saturated rings. The van der Waals surface area contributed by atoms with Gasteiger partial charge in [0.05, 0.1) is 0 Å². The van der Waals surface area contributed by atoms with Crippen molar-refractivity contribution in [3.05, 3.63) is 48.0 Å². The van der Waals surface area contributed by atoms with Crippen LogP contribution in [-0.4, -0.2) is 22.5 Å². The van der Waals surface area contributed by atoms with Crippen molar-refractivity contribution in [3.8, 4) is 0 Å². The lowest BCUT2D eigenvalue weighted by molar-refractivity contribution is -0.0479. The predicted octanol–water partition coefficient (Wildman–Crippen LogP) is 2.13. The van der Waals surface area contributed by atoms with Crippen molar-refractivity contribution in [2.75, 3.05) is 6.54 Å². The molecule has 1 atom stereocenters. The largest absolute Gasteiger partial charge is 0.363 e. The summed E-state index contributed by atoms with van der Waals surface area (Å²) in [6, 6.07) is 7.14. The van der Waals surface area contributed by atoms with Crippen molar-refractivity contribution in [1.29, 1.82) is 0 Å². The summed E-state index contributed by atoms with van der Waals surface area (Å²) in [6.07, 6.45) is 1.43. The number of aliphatic hydroxyl groups is 1. The average Bonchev–Trinajstić information content (AvgIpc) is 2.53. The highest BCUT2D eigenvalue weighted by atomic mass is 16.3. The lowest BCUT2D eigenvalue weighted by Gasteiger charge is -2.32. The van der Waals surface area contributed by atoms with Gasteiger partial charge in [0.2, 0.25) is 0 Å². The van der Waals surface area contributed by atoms with Gasteiger partial charge in [-0.2, -0.15) is 0 Å². The van der Waals surface area contributed by atoms with Crippen molar-refractivity contribution in [3.63, 3.8) is 0 Å². The van der Waals surface area contributed by atoms with Crippen molar-refractivity contribution in [2.24, 2.45) is 5.92 Å². The van der Waals surface area contributed by atoms with Gasteiger partial charge in [-0.15, -0.1) is 0 Å². The van der Waals surface area contributed by atoms with Crippen LogP contribution in [0.2, 0.25) is 0 Å². The molecule has 0 bridgehead atoms. The fraction of sp³-hybridized carbons (Fsp3) is 0.357. The van der Waals surface area contributed by atoms with Crippen LogP contribution in [0.5, 0.6) is 0 Å². The summed E-state index contributed by atoms with van der Waals surface area (Å²) in [6.45, 7) is 8.20. The van der Waals surface area contributed by atoms with Crippen LogP contribution >= 0.6 is 0 Å². The fourth-order valence-corrected chi connectivity index (χ4v) is 2.24. The molecular formula is C14H17NO2. The molecule has 1 heterocycles. The van der Waals surface area contributed by atoms with E-state index in [1.165, 1.54) is 11.0 Å². The summed E-state index contributed by atoms with van der Waals surface area (Å²) in [7, 11) is 0. The number of hydrogen-bond donors (Lipinski definition) is 1. The molecular weight excluding hydrogens is 214 g/mol. The molecule has 1 amide bonds. The summed E-state index contributed by atoms with van der Waals surface area (Å²) >= 11 is 0. The van der Waals surface area contributed by atoms with Crippen LogP contribution in [0.15, 0.2) is 36.9 Å². The Morgan fingerprint density at radius 3 is 2.71 bits per heavy atom.